The van der Waals surface area contributed by atoms with Crippen LogP contribution in [0.2, 0.25) is 18.6 Å². The number of ether oxygens (including phenoxy) is 1. The Morgan fingerprint density at radius 3 is 2.44 bits per heavy atom. The molecule has 1 fully saturated rings. The molecule has 0 saturated carbocycles. The van der Waals surface area contributed by atoms with E-state index < -0.39 is 8.32 Å². The van der Waals surface area contributed by atoms with Crippen LogP contribution >= 0.6 is 0 Å². The summed E-state index contributed by atoms with van der Waals surface area (Å²) >= 11 is 0. The zero-order chi connectivity index (χ0) is 22.9. The predicted molar refractivity (Wildman–Crippen MR) is 130 cm³/mol. The van der Waals surface area contributed by atoms with Crippen LogP contribution < -0.4 is 4.90 Å². The number of carbonyl (C=O) groups excluding carboxylic acids is 1. The van der Waals surface area contributed by atoms with E-state index in [1.54, 1.807) is 0 Å². The molecule has 2 aromatic rings. The fourth-order valence-corrected chi connectivity index (χ4v) is 8.30. The number of fused-ring (bicyclic) bond motifs is 1. The Bertz CT molecular complexity index is 940. The maximum Gasteiger partial charge on any atom is 0.231 e. The highest BCUT2D eigenvalue weighted by molar-refractivity contribution is 6.71. The molecule has 5 nitrogen and oxygen atoms in total. The Labute approximate surface area is 192 Å². The third-order valence-corrected chi connectivity index (χ3v) is 9.66. The average Bonchev–Trinajstić information content (AvgIpc) is 3.08. The first-order valence-corrected chi connectivity index (χ1v) is 14.8. The van der Waals surface area contributed by atoms with E-state index in [1.165, 1.54) is 11.1 Å². The number of amides is 1. The second-order valence-corrected chi connectivity index (χ2v) is 13.8. The summed E-state index contributed by atoms with van der Waals surface area (Å²) in [6.07, 6.45) is 3.72. The summed E-state index contributed by atoms with van der Waals surface area (Å²) in [7, 11) is -2.37. The number of carbonyl (C=O) groups is 1. The van der Waals surface area contributed by atoms with Gasteiger partial charge in [0.1, 0.15) is 0 Å². The van der Waals surface area contributed by atoms with Crippen molar-refractivity contribution < 1.29 is 19.4 Å². The van der Waals surface area contributed by atoms with Crippen molar-refractivity contribution in [2.45, 2.75) is 69.9 Å². The summed E-state index contributed by atoms with van der Waals surface area (Å²) in [4.78, 5) is 25.3. The first kappa shape index (κ1) is 23.2. The van der Waals surface area contributed by atoms with Gasteiger partial charge in [0.25, 0.3) is 0 Å². The molecule has 4 atom stereocenters. The van der Waals surface area contributed by atoms with Crippen LogP contribution in [0.5, 0.6) is 0 Å². The van der Waals surface area contributed by atoms with Crippen molar-refractivity contribution >= 4 is 25.6 Å². The number of hydrogen-bond acceptors (Lipinski definition) is 4. The van der Waals surface area contributed by atoms with Crippen LogP contribution in [0.1, 0.15) is 37.3 Å². The third-order valence-electron chi connectivity index (χ3n) is 7.13. The van der Waals surface area contributed by atoms with Gasteiger partial charge in [0.05, 0.1) is 17.9 Å². The lowest BCUT2D eigenvalue weighted by Gasteiger charge is -2.30. The summed E-state index contributed by atoms with van der Waals surface area (Å²) in [5, 5.41) is 9.43. The smallest absolute Gasteiger partial charge is 0.231 e. The molecule has 2 aliphatic rings. The molecule has 0 bridgehead atoms. The summed E-state index contributed by atoms with van der Waals surface area (Å²) in [6, 6.07) is 16.4. The number of aliphatic hydroxyl groups excluding tert-OH is 1. The fraction of sp³-hybridized carbons (Fsp3) is 0.500. The molecule has 2 aromatic carbocycles. The number of nitrogens with zero attached hydrogens (tertiary/aromatic N) is 1. The lowest BCUT2D eigenvalue weighted by molar-refractivity contribution is -0.118. The van der Waals surface area contributed by atoms with Gasteiger partial charge in [-0.1, -0.05) is 37.3 Å². The molecule has 0 unspecified atom stereocenters. The van der Waals surface area contributed by atoms with Crippen LogP contribution in [0, 0.1) is 5.92 Å². The van der Waals surface area contributed by atoms with Crippen molar-refractivity contribution in [3.05, 3.63) is 59.7 Å². The lowest BCUT2D eigenvalue weighted by Crippen LogP contribution is -2.40. The largest absolute Gasteiger partial charge is 0.432 e. The number of anilines is 2. The van der Waals surface area contributed by atoms with Crippen molar-refractivity contribution in [3.63, 3.8) is 0 Å². The van der Waals surface area contributed by atoms with E-state index in [0.717, 1.165) is 30.6 Å². The Hall–Kier alpha value is -1.99. The zero-order valence-electron chi connectivity index (χ0n) is 19.3. The van der Waals surface area contributed by atoms with E-state index in [1.807, 2.05) is 48.3 Å². The van der Waals surface area contributed by atoms with E-state index in [9.17, 15) is 14.7 Å². The fourth-order valence-electron chi connectivity index (χ4n) is 5.64. The molecule has 2 N–H and O–H groups in total. The molecule has 4 rings (SSSR count). The highest BCUT2D eigenvalue weighted by Crippen LogP contribution is 2.45. The normalized spacial score (nSPS) is 25.8. The van der Waals surface area contributed by atoms with Crippen LogP contribution in [0.4, 0.5) is 11.4 Å². The standard InChI is InChI=1S/C26H35NO4Si/c1-18-23(31-24(16-17-28)26(18)32(2,3)30)14-10-19-8-12-21(13-9-19)27-22-7-5-4-6-20(22)11-15-25(27)29/h4-9,12-13,18,23-24,26,28,30H,10-11,14-17H2,1-3H3/t18-,23+,24-,26+/m0/s1. The zero-order valence-corrected chi connectivity index (χ0v) is 20.3. The molecule has 0 spiro atoms. The first-order valence-electron chi connectivity index (χ1n) is 11.8. The van der Waals surface area contributed by atoms with E-state index in [4.69, 9.17) is 4.74 Å². The minimum absolute atomic E-state index is 0.0563. The highest BCUT2D eigenvalue weighted by Gasteiger charge is 2.49. The summed E-state index contributed by atoms with van der Waals surface area (Å²) in [6.45, 7) is 6.22. The number of para-hydroxylation sites is 1. The molecule has 2 heterocycles. The van der Waals surface area contributed by atoms with Gasteiger partial charge in [-0.05, 0) is 74.0 Å². The van der Waals surface area contributed by atoms with E-state index in [2.05, 4.69) is 25.1 Å². The van der Waals surface area contributed by atoms with Crippen LogP contribution in [-0.2, 0) is 22.4 Å². The van der Waals surface area contributed by atoms with Gasteiger partial charge >= 0.3 is 0 Å². The molecule has 32 heavy (non-hydrogen) atoms. The van der Waals surface area contributed by atoms with E-state index in [0.29, 0.717) is 12.8 Å². The Morgan fingerprint density at radius 1 is 1.03 bits per heavy atom. The molecule has 1 amide bonds. The first-order chi connectivity index (χ1) is 15.3. The molecular weight excluding hydrogens is 418 g/mol. The molecule has 0 radical (unpaired) electrons. The molecule has 172 valence electrons. The van der Waals surface area contributed by atoms with Crippen molar-refractivity contribution in [3.8, 4) is 0 Å². The number of hydrogen-bond donors (Lipinski definition) is 2. The summed E-state index contributed by atoms with van der Waals surface area (Å²) < 4.78 is 6.31. The van der Waals surface area contributed by atoms with E-state index in [-0.39, 0.29) is 36.2 Å². The number of benzene rings is 2. The van der Waals surface area contributed by atoms with Gasteiger partial charge in [0, 0.05) is 24.3 Å². The van der Waals surface area contributed by atoms with Gasteiger partial charge in [-0.25, -0.2) is 0 Å². The van der Waals surface area contributed by atoms with Gasteiger partial charge in [0.2, 0.25) is 5.91 Å². The SMILES string of the molecule is C[C@@H]1[C@@H]([Si](C)(C)O)[C@H](CCO)O[C@@H]1CCc1ccc(N2C(=O)CCc3ccccc32)cc1. The van der Waals surface area contributed by atoms with Crippen LogP contribution in [-0.4, -0.2) is 42.9 Å². The average molecular weight is 454 g/mol. The van der Waals surface area contributed by atoms with Crippen molar-refractivity contribution in [2.75, 3.05) is 11.5 Å². The van der Waals surface area contributed by atoms with Gasteiger partial charge in [-0.15, -0.1) is 0 Å². The number of aryl methyl sites for hydroxylation is 2. The second kappa shape index (κ2) is 9.47. The van der Waals surface area contributed by atoms with Crippen LogP contribution in [0.3, 0.4) is 0 Å². The quantitative estimate of drug-likeness (QED) is 0.602. The van der Waals surface area contributed by atoms with Crippen molar-refractivity contribution in [1.29, 1.82) is 0 Å². The van der Waals surface area contributed by atoms with Crippen molar-refractivity contribution in [1.82, 2.24) is 0 Å². The maximum atomic E-state index is 12.6. The van der Waals surface area contributed by atoms with Gasteiger partial charge < -0.3 is 14.6 Å². The highest BCUT2D eigenvalue weighted by atomic mass is 28.4. The van der Waals surface area contributed by atoms with Gasteiger partial charge in [-0.3, -0.25) is 9.69 Å². The molecule has 0 aromatic heterocycles. The Kier molecular flexibility index (Phi) is 6.86. The number of aliphatic hydroxyl groups is 1. The Morgan fingerprint density at radius 2 is 1.75 bits per heavy atom. The van der Waals surface area contributed by atoms with Gasteiger partial charge in [0.15, 0.2) is 8.32 Å². The predicted octanol–water partition coefficient (Wildman–Crippen LogP) is 4.58. The maximum absolute atomic E-state index is 12.6. The summed E-state index contributed by atoms with van der Waals surface area (Å²) in [5.41, 5.74) is 4.47. The monoisotopic (exact) mass is 453 g/mol. The molecule has 2 aliphatic heterocycles. The topological polar surface area (TPSA) is 70.0 Å². The molecule has 6 heteroatoms. The molecule has 0 aliphatic carbocycles. The van der Waals surface area contributed by atoms with Crippen LogP contribution in [0.15, 0.2) is 48.5 Å². The van der Waals surface area contributed by atoms with Crippen LogP contribution in [0.25, 0.3) is 0 Å². The third kappa shape index (κ3) is 4.69. The minimum Gasteiger partial charge on any atom is -0.432 e. The number of rotatable bonds is 7. The van der Waals surface area contributed by atoms with Gasteiger partial charge in [-0.2, -0.15) is 0 Å². The van der Waals surface area contributed by atoms with Crippen molar-refractivity contribution in [2.24, 2.45) is 5.92 Å². The minimum atomic E-state index is -2.37. The lowest BCUT2D eigenvalue weighted by atomic mass is 9.95. The Balaban J connectivity index is 1.43. The molecular formula is C26H35NO4Si. The van der Waals surface area contributed by atoms with E-state index >= 15 is 0 Å². The summed E-state index contributed by atoms with van der Waals surface area (Å²) in [5.74, 6) is 0.418. The second-order valence-electron chi connectivity index (χ2n) is 9.83. The molecule has 1 saturated heterocycles.